The number of hydrogen-bond acceptors (Lipinski definition) is 3. The zero-order valence-electron chi connectivity index (χ0n) is 9.01. The van der Waals surface area contributed by atoms with Crippen LogP contribution in [0.1, 0.15) is 12.5 Å². The first-order valence-electron chi connectivity index (χ1n) is 4.89. The van der Waals surface area contributed by atoms with Crippen LogP contribution in [0.2, 0.25) is 0 Å². The van der Waals surface area contributed by atoms with E-state index >= 15 is 0 Å². The van der Waals surface area contributed by atoms with Crippen molar-refractivity contribution in [2.24, 2.45) is 0 Å². The summed E-state index contributed by atoms with van der Waals surface area (Å²) in [5, 5.41) is 8.05. The van der Waals surface area contributed by atoms with E-state index in [2.05, 4.69) is 4.85 Å². The second-order valence-electron chi connectivity index (χ2n) is 3.67. The first-order valence-corrected chi connectivity index (χ1v) is 6.43. The minimum Gasteiger partial charge on any atom is -0.226 e. The molecule has 0 fully saturated rings. The summed E-state index contributed by atoms with van der Waals surface area (Å²) in [6.45, 7) is 8.44. The van der Waals surface area contributed by atoms with Gasteiger partial charge in [0, 0.05) is 0 Å². The monoisotopic (exact) mass is 244 g/mol. The number of nitrogens with zero attached hydrogens (tertiary/aromatic N) is 2. The summed E-state index contributed by atoms with van der Waals surface area (Å²) in [5.41, 5.74) is 0.650. The van der Waals surface area contributed by atoms with Crippen molar-refractivity contribution in [3.63, 3.8) is 0 Å². The molecule has 0 saturated carbocycles. The second-order valence-corrected chi connectivity index (χ2v) is 5.91. The van der Waals surface area contributed by atoms with Crippen LogP contribution in [0.15, 0.2) is 34.9 Å². The fraction of sp³-hybridized carbons (Fsp3) is 0.167. The molecule has 17 heavy (non-hydrogen) atoms. The minimum atomic E-state index is -3.45. The maximum atomic E-state index is 12.1. The molecule has 1 aromatic carbocycles. The van der Waals surface area contributed by atoms with E-state index in [1.807, 2.05) is 0 Å². The van der Waals surface area contributed by atoms with E-state index in [9.17, 15) is 8.42 Å². The number of allylic oxidation sites excluding steroid dienone is 1. The zero-order chi connectivity index (χ0) is 12.6. The van der Waals surface area contributed by atoms with Crippen molar-refractivity contribution < 1.29 is 8.42 Å². The summed E-state index contributed by atoms with van der Waals surface area (Å²) >= 11 is 0. The Morgan fingerprint density at radius 3 is 2.71 bits per heavy atom. The first kappa shape index (κ1) is 11.4. The van der Waals surface area contributed by atoms with Gasteiger partial charge < -0.3 is 0 Å². The van der Waals surface area contributed by atoms with Crippen LogP contribution in [0.4, 0.5) is 0 Å². The topological polar surface area (TPSA) is 62.3 Å². The minimum absolute atomic E-state index is 0.147. The fourth-order valence-corrected chi connectivity index (χ4v) is 3.65. The number of fused-ring (bicyclic) bond motifs is 1. The molecule has 1 atom stereocenters. The molecule has 0 saturated heterocycles. The Labute approximate surface area is 99.5 Å². The fourth-order valence-electron chi connectivity index (χ4n) is 1.97. The molecule has 84 valence electrons. The van der Waals surface area contributed by atoms with E-state index in [0.29, 0.717) is 11.1 Å². The molecule has 1 aliphatic rings. The molecule has 0 N–H and O–H groups in total. The van der Waals surface area contributed by atoms with Crippen LogP contribution in [0.5, 0.6) is 0 Å². The Morgan fingerprint density at radius 1 is 1.47 bits per heavy atom. The van der Waals surface area contributed by atoms with E-state index in [1.54, 1.807) is 24.3 Å². The molecule has 0 amide bonds. The van der Waals surface area contributed by atoms with Crippen LogP contribution in [0.3, 0.4) is 0 Å². The third-order valence-electron chi connectivity index (χ3n) is 2.83. The van der Waals surface area contributed by atoms with Crippen molar-refractivity contribution in [3.05, 3.63) is 46.9 Å². The van der Waals surface area contributed by atoms with Gasteiger partial charge in [0.25, 0.3) is 5.70 Å². The highest BCUT2D eigenvalue weighted by atomic mass is 32.2. The van der Waals surface area contributed by atoms with Crippen molar-refractivity contribution in [2.45, 2.75) is 17.1 Å². The number of rotatable bonds is 0. The third kappa shape index (κ3) is 1.44. The van der Waals surface area contributed by atoms with Gasteiger partial charge in [-0.15, -0.1) is 0 Å². The molecule has 1 heterocycles. The summed E-state index contributed by atoms with van der Waals surface area (Å²) in [7, 11) is -3.45. The third-order valence-corrected chi connectivity index (χ3v) is 4.96. The molecule has 0 bridgehead atoms. The van der Waals surface area contributed by atoms with Gasteiger partial charge in [-0.2, -0.15) is 0 Å². The van der Waals surface area contributed by atoms with Gasteiger partial charge in [0.15, 0.2) is 9.84 Å². The van der Waals surface area contributed by atoms with Gasteiger partial charge >= 0.3 is 0 Å². The van der Waals surface area contributed by atoms with Crippen LogP contribution >= 0.6 is 0 Å². The van der Waals surface area contributed by atoms with Crippen molar-refractivity contribution in [1.82, 2.24) is 0 Å². The molecule has 4 nitrogen and oxygen atoms in total. The Morgan fingerprint density at radius 2 is 2.12 bits per heavy atom. The molecule has 0 spiro atoms. The normalized spacial score (nSPS) is 23.4. The number of hydrogen-bond donors (Lipinski definition) is 0. The molecule has 2 rings (SSSR count). The Hall–Kier alpha value is -2.11. The van der Waals surface area contributed by atoms with E-state index in [1.165, 1.54) is 13.0 Å². The highest BCUT2D eigenvalue weighted by molar-refractivity contribution is 7.93. The average molecular weight is 244 g/mol. The molecule has 1 unspecified atom stereocenters. The summed E-state index contributed by atoms with van der Waals surface area (Å²) in [6, 6.07) is 8.24. The smallest absolute Gasteiger partial charge is 0.226 e. The molecular weight excluding hydrogens is 236 g/mol. The van der Waals surface area contributed by atoms with Crippen LogP contribution in [-0.2, 0) is 9.84 Å². The van der Waals surface area contributed by atoms with E-state index in [0.717, 1.165) is 0 Å². The Kier molecular flexibility index (Phi) is 2.49. The van der Waals surface area contributed by atoms with Crippen molar-refractivity contribution in [2.75, 3.05) is 0 Å². The molecule has 5 heteroatoms. The number of benzene rings is 1. The molecular formula is C12H8N2O2S. The lowest BCUT2D eigenvalue weighted by molar-refractivity contribution is 0.595. The van der Waals surface area contributed by atoms with E-state index in [4.69, 9.17) is 11.8 Å². The lowest BCUT2D eigenvalue weighted by Crippen LogP contribution is -2.11. The standard InChI is InChI=1S/C12H8N2O2S/c1-8-12(10(7-13)14-2)9-5-3-4-6-11(9)17(8,15)16/h3-6,8H,1H3/b12-10+. The molecule has 0 aromatic heterocycles. The highest BCUT2D eigenvalue weighted by Gasteiger charge is 2.39. The van der Waals surface area contributed by atoms with Crippen molar-refractivity contribution in [1.29, 1.82) is 5.26 Å². The van der Waals surface area contributed by atoms with Crippen LogP contribution in [-0.4, -0.2) is 13.7 Å². The van der Waals surface area contributed by atoms with Gasteiger partial charge in [-0.1, -0.05) is 18.2 Å². The maximum Gasteiger partial charge on any atom is 0.266 e. The van der Waals surface area contributed by atoms with Crippen molar-refractivity contribution >= 4 is 15.4 Å². The summed E-state index contributed by atoms with van der Waals surface area (Å²) in [4.78, 5) is 3.31. The van der Waals surface area contributed by atoms with Crippen LogP contribution in [0.25, 0.3) is 10.4 Å². The lowest BCUT2D eigenvalue weighted by atomic mass is 10.0. The molecule has 1 aromatic rings. The SMILES string of the molecule is [C-]#[N+]/C(C#N)=C1/c2ccccc2S(=O)(=O)C1C. The van der Waals surface area contributed by atoms with Gasteiger partial charge in [0.1, 0.15) is 0 Å². The summed E-state index contributed by atoms with van der Waals surface area (Å²) < 4.78 is 24.2. The van der Waals surface area contributed by atoms with E-state index < -0.39 is 15.1 Å². The summed E-state index contributed by atoms with van der Waals surface area (Å²) in [6.07, 6.45) is 0. The largest absolute Gasteiger partial charge is 0.266 e. The predicted octanol–water partition coefficient (Wildman–Crippen LogP) is 2.02. The van der Waals surface area contributed by atoms with Gasteiger partial charge in [0.05, 0.1) is 22.8 Å². The molecule has 0 radical (unpaired) electrons. The average Bonchev–Trinajstić information content (AvgIpc) is 2.53. The lowest BCUT2D eigenvalue weighted by Gasteiger charge is -2.04. The van der Waals surface area contributed by atoms with Gasteiger partial charge in [-0.05, 0) is 24.1 Å². The van der Waals surface area contributed by atoms with Crippen LogP contribution in [0, 0.1) is 17.9 Å². The van der Waals surface area contributed by atoms with Gasteiger partial charge in [0.2, 0.25) is 0 Å². The van der Waals surface area contributed by atoms with Gasteiger partial charge in [-0.3, -0.25) is 0 Å². The summed E-state index contributed by atoms with van der Waals surface area (Å²) in [5.74, 6) is 0. The second kappa shape index (κ2) is 3.73. The van der Waals surface area contributed by atoms with Crippen molar-refractivity contribution in [3.8, 4) is 6.07 Å². The Bertz CT molecular complexity index is 687. The quantitative estimate of drug-likeness (QED) is 0.518. The van der Waals surface area contributed by atoms with Crippen LogP contribution < -0.4 is 0 Å². The van der Waals surface area contributed by atoms with E-state index in [-0.39, 0.29) is 10.6 Å². The van der Waals surface area contributed by atoms with Gasteiger partial charge in [-0.25, -0.2) is 18.5 Å². The molecule has 1 aliphatic heterocycles. The first-order chi connectivity index (χ1) is 8.04. The zero-order valence-corrected chi connectivity index (χ0v) is 9.82. The predicted molar refractivity (Wildman–Crippen MR) is 62.2 cm³/mol. The highest BCUT2D eigenvalue weighted by Crippen LogP contribution is 2.41. The Balaban J connectivity index is 2.91. The number of sulfone groups is 1. The molecule has 0 aliphatic carbocycles. The maximum absolute atomic E-state index is 12.1. The number of nitriles is 1.